The van der Waals surface area contributed by atoms with E-state index in [0.717, 1.165) is 0 Å². The summed E-state index contributed by atoms with van der Waals surface area (Å²) in [6, 6.07) is 4.09. The zero-order chi connectivity index (χ0) is 15.1. The second-order valence-corrected chi connectivity index (χ2v) is 4.30. The van der Waals surface area contributed by atoms with Crippen molar-refractivity contribution in [3.63, 3.8) is 0 Å². The van der Waals surface area contributed by atoms with Gasteiger partial charge in [-0.3, -0.25) is 20.3 Å². The normalized spacial score (nSPS) is 11.1. The standard InChI is InChI=1S/C12H14ClN3O4/c1-3-20-12(17)6-8(2)14-15-10-7-9(13)4-5-11(10)16(18)19/h4-5,7,15H,3,6H2,1-2H3/b14-8+. The number of rotatable bonds is 6. The van der Waals surface area contributed by atoms with Crippen LogP contribution in [0.15, 0.2) is 23.3 Å². The summed E-state index contributed by atoms with van der Waals surface area (Å²) in [5, 5.41) is 15.1. The van der Waals surface area contributed by atoms with Crippen molar-refractivity contribution in [3.8, 4) is 0 Å². The first-order chi connectivity index (χ1) is 9.43. The van der Waals surface area contributed by atoms with Crippen molar-refractivity contribution < 1.29 is 14.5 Å². The third kappa shape index (κ3) is 4.85. The molecule has 0 fully saturated rings. The van der Waals surface area contributed by atoms with Gasteiger partial charge in [0.15, 0.2) is 0 Å². The van der Waals surface area contributed by atoms with Crippen LogP contribution in [-0.4, -0.2) is 23.2 Å². The van der Waals surface area contributed by atoms with E-state index < -0.39 is 10.9 Å². The number of carbonyl (C=O) groups is 1. The number of esters is 1. The molecular formula is C12H14ClN3O4. The SMILES string of the molecule is CCOC(=O)C/C(C)=N/Nc1cc(Cl)ccc1[N+](=O)[O-]. The number of ether oxygens (including phenoxy) is 1. The van der Waals surface area contributed by atoms with Crippen LogP contribution in [0.3, 0.4) is 0 Å². The van der Waals surface area contributed by atoms with Crippen LogP contribution in [0, 0.1) is 10.1 Å². The van der Waals surface area contributed by atoms with E-state index in [9.17, 15) is 14.9 Å². The number of hydrogen-bond donors (Lipinski definition) is 1. The van der Waals surface area contributed by atoms with Crippen LogP contribution in [0.25, 0.3) is 0 Å². The quantitative estimate of drug-likeness (QED) is 0.377. The fraction of sp³-hybridized carbons (Fsp3) is 0.333. The molecule has 0 aromatic heterocycles. The fourth-order valence-electron chi connectivity index (χ4n) is 1.37. The van der Waals surface area contributed by atoms with Gasteiger partial charge < -0.3 is 4.74 Å². The van der Waals surface area contributed by atoms with Crippen LogP contribution in [0.5, 0.6) is 0 Å². The first-order valence-corrected chi connectivity index (χ1v) is 6.20. The van der Waals surface area contributed by atoms with Crippen molar-refractivity contribution in [3.05, 3.63) is 33.3 Å². The molecule has 1 aromatic rings. The monoisotopic (exact) mass is 299 g/mol. The average Bonchev–Trinajstić information content (AvgIpc) is 2.36. The molecule has 1 rings (SSSR count). The highest BCUT2D eigenvalue weighted by Crippen LogP contribution is 2.27. The number of anilines is 1. The largest absolute Gasteiger partial charge is 0.466 e. The number of nitro groups is 1. The van der Waals surface area contributed by atoms with E-state index in [-0.39, 0.29) is 17.8 Å². The second kappa shape index (κ2) is 7.44. The molecule has 0 unspecified atom stereocenters. The number of hydrogen-bond acceptors (Lipinski definition) is 6. The van der Waals surface area contributed by atoms with Crippen LogP contribution < -0.4 is 5.43 Å². The van der Waals surface area contributed by atoms with Gasteiger partial charge in [-0.25, -0.2) is 0 Å². The number of hydrazone groups is 1. The molecule has 0 spiro atoms. The molecule has 20 heavy (non-hydrogen) atoms. The Kier molecular flexibility index (Phi) is 5.92. The van der Waals surface area contributed by atoms with Crippen LogP contribution in [0.2, 0.25) is 5.02 Å². The lowest BCUT2D eigenvalue weighted by Crippen LogP contribution is -2.10. The molecule has 0 saturated carbocycles. The summed E-state index contributed by atoms with van der Waals surface area (Å²) < 4.78 is 4.77. The number of nitrogens with zero attached hydrogens (tertiary/aromatic N) is 2. The molecule has 1 N–H and O–H groups in total. The van der Waals surface area contributed by atoms with Crippen molar-refractivity contribution in [2.24, 2.45) is 5.10 Å². The van der Waals surface area contributed by atoms with E-state index in [0.29, 0.717) is 17.3 Å². The molecule has 0 radical (unpaired) electrons. The minimum Gasteiger partial charge on any atom is -0.466 e. The predicted octanol–water partition coefficient (Wildman–Crippen LogP) is 2.99. The molecule has 0 aliphatic rings. The van der Waals surface area contributed by atoms with E-state index in [1.54, 1.807) is 13.8 Å². The Bertz CT molecular complexity index is 546. The molecule has 0 bridgehead atoms. The van der Waals surface area contributed by atoms with Gasteiger partial charge in [0, 0.05) is 16.8 Å². The Morgan fingerprint density at radius 1 is 1.55 bits per heavy atom. The van der Waals surface area contributed by atoms with Gasteiger partial charge in [-0.05, 0) is 26.0 Å². The molecule has 0 aliphatic heterocycles. The average molecular weight is 300 g/mol. The van der Waals surface area contributed by atoms with Gasteiger partial charge in [-0.1, -0.05) is 11.6 Å². The lowest BCUT2D eigenvalue weighted by molar-refractivity contribution is -0.384. The minimum absolute atomic E-state index is 0.00913. The van der Waals surface area contributed by atoms with E-state index in [4.69, 9.17) is 16.3 Å². The van der Waals surface area contributed by atoms with Crippen molar-refractivity contribution in [1.29, 1.82) is 0 Å². The number of nitrogens with one attached hydrogen (secondary N) is 1. The van der Waals surface area contributed by atoms with Crippen molar-refractivity contribution in [2.75, 3.05) is 12.0 Å². The summed E-state index contributed by atoms with van der Waals surface area (Å²) in [7, 11) is 0. The molecule has 0 amide bonds. The summed E-state index contributed by atoms with van der Waals surface area (Å²) >= 11 is 5.78. The summed E-state index contributed by atoms with van der Waals surface area (Å²) in [5.41, 5.74) is 2.99. The van der Waals surface area contributed by atoms with Gasteiger partial charge in [-0.15, -0.1) is 0 Å². The van der Waals surface area contributed by atoms with E-state index >= 15 is 0 Å². The summed E-state index contributed by atoms with van der Waals surface area (Å²) in [4.78, 5) is 21.5. The molecular weight excluding hydrogens is 286 g/mol. The Morgan fingerprint density at radius 3 is 2.85 bits per heavy atom. The van der Waals surface area contributed by atoms with Gasteiger partial charge >= 0.3 is 5.97 Å². The molecule has 0 heterocycles. The zero-order valence-corrected chi connectivity index (χ0v) is 11.8. The van der Waals surface area contributed by atoms with Crippen molar-refractivity contribution in [2.45, 2.75) is 20.3 Å². The van der Waals surface area contributed by atoms with Gasteiger partial charge in [0.25, 0.3) is 5.69 Å². The Balaban J connectivity index is 2.80. The summed E-state index contributed by atoms with van der Waals surface area (Å²) in [6.07, 6.45) is 0.00913. The number of halogens is 1. The molecule has 0 aliphatic carbocycles. The molecule has 0 atom stereocenters. The number of benzene rings is 1. The van der Waals surface area contributed by atoms with Crippen LogP contribution in [0.4, 0.5) is 11.4 Å². The Morgan fingerprint density at radius 2 is 2.25 bits per heavy atom. The maximum atomic E-state index is 11.2. The van der Waals surface area contributed by atoms with E-state index in [2.05, 4.69) is 10.5 Å². The van der Waals surface area contributed by atoms with Gasteiger partial charge in [0.05, 0.1) is 18.0 Å². The zero-order valence-electron chi connectivity index (χ0n) is 11.1. The van der Waals surface area contributed by atoms with Crippen LogP contribution >= 0.6 is 11.6 Å². The highest BCUT2D eigenvalue weighted by atomic mass is 35.5. The van der Waals surface area contributed by atoms with Gasteiger partial charge in [0.1, 0.15) is 5.69 Å². The first kappa shape index (κ1) is 15.9. The Hall–Kier alpha value is -2.15. The molecule has 0 saturated heterocycles. The number of carbonyl (C=O) groups excluding carboxylic acids is 1. The lowest BCUT2D eigenvalue weighted by Gasteiger charge is -2.05. The van der Waals surface area contributed by atoms with Crippen molar-refractivity contribution >= 4 is 34.7 Å². The van der Waals surface area contributed by atoms with Crippen molar-refractivity contribution in [1.82, 2.24) is 0 Å². The Labute approximate surface area is 120 Å². The molecule has 7 nitrogen and oxygen atoms in total. The summed E-state index contributed by atoms with van der Waals surface area (Å²) in [5.74, 6) is -0.406. The van der Waals surface area contributed by atoms with E-state index in [1.807, 2.05) is 0 Å². The summed E-state index contributed by atoms with van der Waals surface area (Å²) in [6.45, 7) is 3.61. The molecule has 108 valence electrons. The van der Waals surface area contributed by atoms with Crippen LogP contribution in [-0.2, 0) is 9.53 Å². The van der Waals surface area contributed by atoms with Gasteiger partial charge in [-0.2, -0.15) is 5.10 Å². The highest BCUT2D eigenvalue weighted by molar-refractivity contribution is 6.31. The van der Waals surface area contributed by atoms with E-state index in [1.165, 1.54) is 18.2 Å². The predicted molar refractivity (Wildman–Crippen MR) is 76.1 cm³/mol. The fourth-order valence-corrected chi connectivity index (χ4v) is 1.55. The third-order valence-electron chi connectivity index (χ3n) is 2.23. The highest BCUT2D eigenvalue weighted by Gasteiger charge is 2.13. The lowest BCUT2D eigenvalue weighted by atomic mass is 10.3. The number of nitro benzene ring substituents is 1. The topological polar surface area (TPSA) is 93.8 Å². The third-order valence-corrected chi connectivity index (χ3v) is 2.46. The first-order valence-electron chi connectivity index (χ1n) is 5.82. The molecule has 8 heteroatoms. The maximum absolute atomic E-state index is 11.2. The second-order valence-electron chi connectivity index (χ2n) is 3.86. The maximum Gasteiger partial charge on any atom is 0.311 e. The van der Waals surface area contributed by atoms with Gasteiger partial charge in [0.2, 0.25) is 0 Å². The minimum atomic E-state index is -0.547. The van der Waals surface area contributed by atoms with Crippen LogP contribution in [0.1, 0.15) is 20.3 Å². The molecule has 1 aromatic carbocycles. The smallest absolute Gasteiger partial charge is 0.311 e.